The van der Waals surface area contributed by atoms with Crippen molar-refractivity contribution in [3.05, 3.63) is 47.3 Å². The first-order valence-electron chi connectivity index (χ1n) is 9.44. The fraction of sp³-hybridized carbons (Fsp3) is 0.400. The van der Waals surface area contributed by atoms with Crippen LogP contribution in [-0.2, 0) is 9.59 Å². The molecule has 8 nitrogen and oxygen atoms in total. The monoisotopic (exact) mass is 381 g/mol. The molecule has 0 radical (unpaired) electrons. The molecule has 1 saturated heterocycles. The number of anilines is 1. The van der Waals surface area contributed by atoms with Crippen LogP contribution in [0.1, 0.15) is 42.3 Å². The van der Waals surface area contributed by atoms with Gasteiger partial charge in [0.25, 0.3) is 5.91 Å². The molecular formula is C20H23N5O3. The third kappa shape index (κ3) is 3.04. The van der Waals surface area contributed by atoms with Crippen molar-refractivity contribution in [1.82, 2.24) is 15.1 Å². The summed E-state index contributed by atoms with van der Waals surface area (Å²) in [5, 5.41) is 22.7. The highest BCUT2D eigenvalue weighted by Crippen LogP contribution is 2.36. The molecule has 1 fully saturated rings. The van der Waals surface area contributed by atoms with Crippen LogP contribution in [0.4, 0.5) is 5.69 Å². The molecule has 2 N–H and O–H groups in total. The quantitative estimate of drug-likeness (QED) is 0.847. The maximum absolute atomic E-state index is 13.3. The van der Waals surface area contributed by atoms with E-state index in [4.69, 9.17) is 0 Å². The zero-order chi connectivity index (χ0) is 19.8. The summed E-state index contributed by atoms with van der Waals surface area (Å²) < 4.78 is 0. The maximum Gasteiger partial charge on any atom is 0.328 e. The van der Waals surface area contributed by atoms with E-state index in [0.717, 1.165) is 29.8 Å². The van der Waals surface area contributed by atoms with Crippen LogP contribution in [0, 0.1) is 13.8 Å². The van der Waals surface area contributed by atoms with E-state index in [-0.39, 0.29) is 18.4 Å². The molecule has 2 unspecified atom stereocenters. The Morgan fingerprint density at radius 2 is 1.96 bits per heavy atom. The summed E-state index contributed by atoms with van der Waals surface area (Å²) in [6, 6.07) is 8.17. The van der Waals surface area contributed by atoms with Gasteiger partial charge in [-0.1, -0.05) is 18.2 Å². The Hall–Kier alpha value is -3.16. The van der Waals surface area contributed by atoms with Crippen molar-refractivity contribution in [3.63, 3.8) is 0 Å². The molecule has 3 heterocycles. The second-order valence-corrected chi connectivity index (χ2v) is 7.29. The van der Waals surface area contributed by atoms with E-state index in [1.54, 1.807) is 12.1 Å². The highest BCUT2D eigenvalue weighted by Gasteiger charge is 2.41. The van der Waals surface area contributed by atoms with Crippen LogP contribution in [0.5, 0.6) is 0 Å². The Balaban J connectivity index is 1.63. The summed E-state index contributed by atoms with van der Waals surface area (Å²) in [5.41, 5.74) is 3.87. The number of aromatic amines is 1. The highest BCUT2D eigenvalue weighted by molar-refractivity contribution is 6.40. The van der Waals surface area contributed by atoms with Gasteiger partial charge in [0.2, 0.25) is 0 Å². The number of hydrogen-bond donors (Lipinski definition) is 2. The number of carboxylic acids is 1. The zero-order valence-electron chi connectivity index (χ0n) is 15.9. The lowest BCUT2D eigenvalue weighted by Gasteiger charge is -2.25. The number of carbonyl (C=O) groups excluding carboxylic acids is 1. The Labute approximate surface area is 162 Å². The number of rotatable bonds is 4. The molecule has 1 aromatic heterocycles. The topological polar surface area (TPSA) is 102 Å². The number of amides is 1. The van der Waals surface area contributed by atoms with Crippen LogP contribution in [0.15, 0.2) is 35.4 Å². The number of carbonyl (C=O) groups is 2. The predicted octanol–water partition coefficient (Wildman–Crippen LogP) is 2.41. The second kappa shape index (κ2) is 7.10. The number of para-hydroxylation sites is 1. The van der Waals surface area contributed by atoms with Gasteiger partial charge in [-0.25, -0.2) is 4.79 Å². The average Bonchev–Trinajstić information content (AvgIpc) is 3.40. The van der Waals surface area contributed by atoms with E-state index < -0.39 is 12.0 Å². The number of hydrazone groups is 1. The number of benzene rings is 1. The van der Waals surface area contributed by atoms with E-state index >= 15 is 0 Å². The summed E-state index contributed by atoms with van der Waals surface area (Å²) in [6.07, 6.45) is 1.86. The Kier molecular flexibility index (Phi) is 4.62. The van der Waals surface area contributed by atoms with Gasteiger partial charge in [-0.15, -0.1) is 0 Å². The van der Waals surface area contributed by atoms with Crippen molar-refractivity contribution in [1.29, 1.82) is 0 Å². The maximum atomic E-state index is 13.3. The van der Waals surface area contributed by atoms with Crippen LogP contribution in [0.25, 0.3) is 0 Å². The third-order valence-corrected chi connectivity index (χ3v) is 5.50. The number of hydrogen-bond acceptors (Lipinski definition) is 5. The van der Waals surface area contributed by atoms with Gasteiger partial charge in [0.1, 0.15) is 5.71 Å². The summed E-state index contributed by atoms with van der Waals surface area (Å²) >= 11 is 0. The van der Waals surface area contributed by atoms with Crippen LogP contribution in [-0.4, -0.2) is 50.4 Å². The first-order valence-corrected chi connectivity index (χ1v) is 9.44. The normalized spacial score (nSPS) is 21.9. The molecular weight excluding hydrogens is 358 g/mol. The molecule has 0 bridgehead atoms. The lowest BCUT2D eigenvalue weighted by molar-refractivity contribution is -0.138. The predicted molar refractivity (Wildman–Crippen MR) is 104 cm³/mol. The minimum absolute atomic E-state index is 0.0528. The fourth-order valence-electron chi connectivity index (χ4n) is 4.18. The average molecular weight is 381 g/mol. The Bertz CT molecular complexity index is 917. The number of likely N-dealkylation sites (tertiary alicyclic amines) is 1. The van der Waals surface area contributed by atoms with Gasteiger partial charge in [0.05, 0.1) is 17.4 Å². The van der Waals surface area contributed by atoms with Crippen molar-refractivity contribution in [2.75, 3.05) is 11.6 Å². The molecule has 4 rings (SSSR count). The Morgan fingerprint density at radius 1 is 1.21 bits per heavy atom. The largest absolute Gasteiger partial charge is 0.480 e. The first-order chi connectivity index (χ1) is 13.5. The molecule has 2 aliphatic rings. The van der Waals surface area contributed by atoms with Gasteiger partial charge in [0, 0.05) is 24.2 Å². The fourth-order valence-corrected chi connectivity index (χ4v) is 4.18. The summed E-state index contributed by atoms with van der Waals surface area (Å²) in [4.78, 5) is 26.8. The molecule has 146 valence electrons. The SMILES string of the molecule is Cc1n[nH]c(C)c1C1CCCN1C(=O)C1=NN(c2ccccc2)C(C(=O)O)C1. The van der Waals surface area contributed by atoms with E-state index in [1.807, 2.05) is 36.9 Å². The van der Waals surface area contributed by atoms with Gasteiger partial charge in [0.15, 0.2) is 6.04 Å². The lowest BCUT2D eigenvalue weighted by atomic mass is 10.0. The summed E-state index contributed by atoms with van der Waals surface area (Å²) in [5.74, 6) is -1.18. The molecule has 0 saturated carbocycles. The smallest absolute Gasteiger partial charge is 0.328 e. The van der Waals surface area contributed by atoms with Crippen molar-refractivity contribution < 1.29 is 14.7 Å². The van der Waals surface area contributed by atoms with Crippen molar-refractivity contribution in [2.24, 2.45) is 5.10 Å². The molecule has 2 atom stereocenters. The second-order valence-electron chi connectivity index (χ2n) is 7.29. The molecule has 28 heavy (non-hydrogen) atoms. The summed E-state index contributed by atoms with van der Waals surface area (Å²) in [7, 11) is 0. The van der Waals surface area contributed by atoms with Gasteiger partial charge in [-0.2, -0.15) is 10.2 Å². The van der Waals surface area contributed by atoms with Crippen LogP contribution < -0.4 is 5.01 Å². The van der Waals surface area contributed by atoms with Gasteiger partial charge in [-0.3, -0.25) is 14.9 Å². The highest BCUT2D eigenvalue weighted by atomic mass is 16.4. The minimum Gasteiger partial charge on any atom is -0.480 e. The van der Waals surface area contributed by atoms with Crippen molar-refractivity contribution in [2.45, 2.75) is 45.2 Å². The van der Waals surface area contributed by atoms with Gasteiger partial charge >= 0.3 is 5.97 Å². The lowest BCUT2D eigenvalue weighted by Crippen LogP contribution is -2.37. The first kappa shape index (κ1) is 18.2. The van der Waals surface area contributed by atoms with E-state index in [9.17, 15) is 14.7 Å². The van der Waals surface area contributed by atoms with Crippen molar-refractivity contribution in [3.8, 4) is 0 Å². The molecule has 1 aromatic carbocycles. The number of carboxylic acid groups (broad SMARTS) is 1. The standard InChI is InChI=1S/C20H23N5O3/c1-12-18(13(2)22-21-12)16-9-6-10-24(16)19(26)15-11-17(20(27)28)25(23-15)14-7-4-3-5-8-14/h3-5,7-8,16-17H,6,9-11H2,1-2H3,(H,21,22)(H,27,28). The van der Waals surface area contributed by atoms with E-state index in [2.05, 4.69) is 15.3 Å². The van der Waals surface area contributed by atoms with Crippen LogP contribution in [0.3, 0.4) is 0 Å². The van der Waals surface area contributed by atoms with Crippen LogP contribution >= 0.6 is 0 Å². The number of aromatic nitrogens is 2. The molecule has 0 spiro atoms. The van der Waals surface area contributed by atoms with Gasteiger partial charge < -0.3 is 10.0 Å². The molecule has 1 amide bonds. The number of nitrogens with zero attached hydrogens (tertiary/aromatic N) is 4. The van der Waals surface area contributed by atoms with E-state index in [1.165, 1.54) is 5.01 Å². The number of aliphatic carboxylic acids is 1. The molecule has 0 aliphatic carbocycles. The van der Waals surface area contributed by atoms with Crippen LogP contribution in [0.2, 0.25) is 0 Å². The zero-order valence-corrected chi connectivity index (χ0v) is 15.9. The molecule has 8 heteroatoms. The van der Waals surface area contributed by atoms with Crippen molar-refractivity contribution >= 4 is 23.3 Å². The van der Waals surface area contributed by atoms with Gasteiger partial charge in [-0.05, 0) is 38.8 Å². The third-order valence-electron chi connectivity index (χ3n) is 5.50. The molecule has 2 aliphatic heterocycles. The molecule has 2 aromatic rings. The number of H-pyrrole nitrogens is 1. The Morgan fingerprint density at radius 3 is 2.61 bits per heavy atom. The minimum atomic E-state index is -0.991. The van der Waals surface area contributed by atoms with E-state index in [0.29, 0.717) is 17.9 Å². The summed E-state index contributed by atoms with van der Waals surface area (Å²) in [6.45, 7) is 4.53. The number of nitrogens with one attached hydrogen (secondary N) is 1. The number of aryl methyl sites for hydroxylation is 2.